The molecule has 1 rings (SSSR count). The fourth-order valence-corrected chi connectivity index (χ4v) is 1.74. The maximum atomic E-state index is 11.6. The van der Waals surface area contributed by atoms with E-state index in [1.807, 2.05) is 13.8 Å². The second-order valence-corrected chi connectivity index (χ2v) is 5.43. The lowest BCUT2D eigenvalue weighted by atomic mass is 10.2. The number of ether oxygens (including phenoxy) is 2. The molecule has 142 valence electrons. The fourth-order valence-electron chi connectivity index (χ4n) is 1.74. The molecule has 0 saturated heterocycles. The molecule has 0 aliphatic heterocycles. The third kappa shape index (κ3) is 8.78. The lowest BCUT2D eigenvalue weighted by Crippen LogP contribution is -2.38. The van der Waals surface area contributed by atoms with Crippen molar-refractivity contribution in [2.45, 2.75) is 26.4 Å². The zero-order chi connectivity index (χ0) is 19.4. The van der Waals surface area contributed by atoms with Crippen LogP contribution in [0.4, 0.5) is 0 Å². The number of aliphatic carboxylic acids is 1. The number of carbonyl (C=O) groups excluding carboxylic acids is 3. The highest BCUT2D eigenvalue weighted by atomic mass is 16.5. The molecule has 26 heavy (non-hydrogen) atoms. The summed E-state index contributed by atoms with van der Waals surface area (Å²) in [5.41, 5.74) is 2.52. The fraction of sp³-hybridized carbons (Fsp3) is 0.412. The van der Waals surface area contributed by atoms with E-state index in [1.54, 1.807) is 18.2 Å². The van der Waals surface area contributed by atoms with Gasteiger partial charge in [-0.15, -0.1) is 0 Å². The van der Waals surface area contributed by atoms with E-state index in [0.717, 1.165) is 0 Å². The molecular formula is C17H22N3O6-. The molecule has 2 amide bonds. The Balaban J connectivity index is 2.42. The van der Waals surface area contributed by atoms with E-state index >= 15 is 0 Å². The van der Waals surface area contributed by atoms with Crippen LogP contribution in [-0.4, -0.2) is 49.9 Å². The Labute approximate surface area is 151 Å². The summed E-state index contributed by atoms with van der Waals surface area (Å²) < 4.78 is 10.4. The third-order valence-electron chi connectivity index (χ3n) is 2.90. The van der Waals surface area contributed by atoms with Crippen LogP contribution in [0.5, 0.6) is 5.75 Å². The van der Waals surface area contributed by atoms with Crippen molar-refractivity contribution in [2.24, 2.45) is 5.10 Å². The number of amides is 2. The quantitative estimate of drug-likeness (QED) is 0.242. The van der Waals surface area contributed by atoms with E-state index in [4.69, 9.17) is 9.47 Å². The molecule has 0 fully saturated rings. The Hall–Kier alpha value is -2.94. The predicted octanol–water partition coefficient (Wildman–Crippen LogP) is -0.803. The minimum Gasteiger partial charge on any atom is -0.546 e. The van der Waals surface area contributed by atoms with Crippen LogP contribution in [-0.2, 0) is 19.1 Å². The number of carbonyl (C=O) groups is 3. The first-order valence-electron chi connectivity index (χ1n) is 8.04. The number of hydrazone groups is 1. The van der Waals surface area contributed by atoms with Gasteiger partial charge in [-0.3, -0.25) is 9.59 Å². The molecule has 0 heterocycles. The molecule has 9 heteroatoms. The maximum Gasteiger partial charge on any atom is 0.329 e. The lowest BCUT2D eigenvalue weighted by Gasteiger charge is -2.09. The van der Waals surface area contributed by atoms with Crippen molar-refractivity contribution in [3.63, 3.8) is 0 Å². The van der Waals surface area contributed by atoms with Gasteiger partial charge in [0.25, 0.3) is 0 Å². The van der Waals surface area contributed by atoms with Gasteiger partial charge in [0.15, 0.2) is 0 Å². The van der Waals surface area contributed by atoms with Crippen LogP contribution in [0.2, 0.25) is 0 Å². The van der Waals surface area contributed by atoms with Gasteiger partial charge in [-0.25, -0.2) is 5.43 Å². The molecule has 0 radical (unpaired) electrons. The Kier molecular flexibility index (Phi) is 9.40. The molecule has 1 aromatic rings. The van der Waals surface area contributed by atoms with Gasteiger partial charge in [-0.05, 0) is 32.4 Å². The number of benzene rings is 1. The topological polar surface area (TPSA) is 129 Å². The largest absolute Gasteiger partial charge is 0.546 e. The van der Waals surface area contributed by atoms with Gasteiger partial charge in [-0.2, -0.15) is 5.10 Å². The summed E-state index contributed by atoms with van der Waals surface area (Å²) in [6, 6.07) is 6.48. The van der Waals surface area contributed by atoms with Crippen molar-refractivity contribution in [1.29, 1.82) is 0 Å². The van der Waals surface area contributed by atoms with Crippen LogP contribution in [0.3, 0.4) is 0 Å². The van der Waals surface area contributed by atoms with E-state index in [2.05, 4.69) is 15.8 Å². The van der Waals surface area contributed by atoms with Crippen LogP contribution >= 0.6 is 0 Å². The Morgan fingerprint density at radius 3 is 2.65 bits per heavy atom. The average molecular weight is 364 g/mol. The summed E-state index contributed by atoms with van der Waals surface area (Å²) in [7, 11) is 0. The minimum absolute atomic E-state index is 0.113. The van der Waals surface area contributed by atoms with E-state index in [9.17, 15) is 19.5 Å². The summed E-state index contributed by atoms with van der Waals surface area (Å²) in [5, 5.41) is 16.6. The predicted molar refractivity (Wildman–Crippen MR) is 91.4 cm³/mol. The van der Waals surface area contributed by atoms with Gasteiger partial charge in [0.05, 0.1) is 18.3 Å². The number of nitrogens with one attached hydrogen (secondary N) is 2. The zero-order valence-electron chi connectivity index (χ0n) is 14.7. The van der Waals surface area contributed by atoms with Crippen molar-refractivity contribution in [2.75, 3.05) is 19.8 Å². The SMILES string of the molecule is CC(C)OCCCNC(=O)C(=O)N/N=C\c1ccccc1OCC(=O)[O-]. The van der Waals surface area contributed by atoms with Crippen LogP contribution in [0.25, 0.3) is 0 Å². The van der Waals surface area contributed by atoms with Crippen LogP contribution in [0, 0.1) is 0 Å². The highest BCUT2D eigenvalue weighted by molar-refractivity contribution is 6.35. The van der Waals surface area contributed by atoms with Gasteiger partial charge < -0.3 is 24.7 Å². The van der Waals surface area contributed by atoms with Crippen molar-refractivity contribution in [3.05, 3.63) is 29.8 Å². The molecule has 0 bridgehead atoms. The number of carboxylic acids is 1. The molecule has 0 saturated carbocycles. The van der Waals surface area contributed by atoms with Crippen molar-refractivity contribution < 1.29 is 29.0 Å². The summed E-state index contributed by atoms with van der Waals surface area (Å²) in [5.74, 6) is -2.84. The molecule has 0 unspecified atom stereocenters. The number of rotatable bonds is 10. The number of hydrogen-bond acceptors (Lipinski definition) is 7. The van der Waals surface area contributed by atoms with Crippen molar-refractivity contribution in [3.8, 4) is 5.75 Å². The van der Waals surface area contributed by atoms with E-state index in [1.165, 1.54) is 12.3 Å². The first kappa shape index (κ1) is 21.1. The normalized spacial score (nSPS) is 10.7. The number of hydrogen-bond donors (Lipinski definition) is 2. The van der Waals surface area contributed by atoms with Gasteiger partial charge in [-0.1, -0.05) is 12.1 Å². The van der Waals surface area contributed by atoms with Gasteiger partial charge >= 0.3 is 11.8 Å². The van der Waals surface area contributed by atoms with E-state index in [0.29, 0.717) is 25.1 Å². The second kappa shape index (κ2) is 11.6. The Morgan fingerprint density at radius 1 is 1.23 bits per heavy atom. The summed E-state index contributed by atoms with van der Waals surface area (Å²) in [6.07, 6.45) is 1.94. The zero-order valence-corrected chi connectivity index (χ0v) is 14.7. The van der Waals surface area contributed by atoms with Crippen LogP contribution in [0.1, 0.15) is 25.8 Å². The minimum atomic E-state index is -1.36. The Bertz CT molecular complexity index is 645. The molecule has 1 aromatic carbocycles. The highest BCUT2D eigenvalue weighted by Crippen LogP contribution is 2.15. The molecular weight excluding hydrogens is 342 g/mol. The molecule has 9 nitrogen and oxygen atoms in total. The van der Waals surface area contributed by atoms with Crippen molar-refractivity contribution >= 4 is 24.0 Å². The smallest absolute Gasteiger partial charge is 0.329 e. The molecule has 0 aliphatic rings. The average Bonchev–Trinajstić information content (AvgIpc) is 2.59. The van der Waals surface area contributed by atoms with Gasteiger partial charge in [0, 0.05) is 18.7 Å². The molecule has 2 N–H and O–H groups in total. The first-order chi connectivity index (χ1) is 12.4. The molecule has 0 spiro atoms. The number of nitrogens with zero attached hydrogens (tertiary/aromatic N) is 1. The summed E-state index contributed by atoms with van der Waals surface area (Å²) in [4.78, 5) is 33.7. The van der Waals surface area contributed by atoms with Crippen LogP contribution in [0.15, 0.2) is 29.4 Å². The van der Waals surface area contributed by atoms with E-state index in [-0.39, 0.29) is 11.9 Å². The standard InChI is InChI=1S/C17H23N3O6/c1-12(2)25-9-5-8-18-16(23)17(24)20-19-10-13-6-3-4-7-14(13)26-11-15(21)22/h3-4,6-7,10,12H,5,8-9,11H2,1-2H3,(H,18,23)(H,20,24)(H,21,22)/p-1/b19-10-. The maximum absolute atomic E-state index is 11.6. The third-order valence-corrected chi connectivity index (χ3v) is 2.90. The van der Waals surface area contributed by atoms with Gasteiger partial charge in [0.1, 0.15) is 12.4 Å². The first-order valence-corrected chi connectivity index (χ1v) is 8.04. The summed E-state index contributed by atoms with van der Waals surface area (Å²) in [6.45, 7) is 4.00. The number of carboxylic acid groups (broad SMARTS) is 1. The summed E-state index contributed by atoms with van der Waals surface area (Å²) >= 11 is 0. The van der Waals surface area contributed by atoms with Crippen LogP contribution < -0.4 is 20.6 Å². The lowest BCUT2D eigenvalue weighted by molar-refractivity contribution is -0.307. The highest BCUT2D eigenvalue weighted by Gasteiger charge is 2.11. The Morgan fingerprint density at radius 2 is 1.96 bits per heavy atom. The van der Waals surface area contributed by atoms with Gasteiger partial charge in [0.2, 0.25) is 0 Å². The van der Waals surface area contributed by atoms with E-state index < -0.39 is 24.4 Å². The molecule has 0 aromatic heterocycles. The monoisotopic (exact) mass is 364 g/mol. The second-order valence-electron chi connectivity index (χ2n) is 5.43. The molecule has 0 aliphatic carbocycles. The van der Waals surface area contributed by atoms with Crippen molar-refractivity contribution in [1.82, 2.24) is 10.7 Å². The molecule has 0 atom stereocenters. The number of para-hydroxylation sites is 1.